The summed E-state index contributed by atoms with van der Waals surface area (Å²) in [6, 6.07) is 11.6. The maximum Gasteiger partial charge on any atom is 0.266 e. The fraction of sp³-hybridized carbons (Fsp3) is 0.111. The van der Waals surface area contributed by atoms with E-state index in [2.05, 4.69) is 10.3 Å². The number of hydrogen-bond donors (Lipinski definition) is 1. The van der Waals surface area contributed by atoms with Gasteiger partial charge in [-0.05, 0) is 29.7 Å². The number of nitrogens with zero attached hydrogens (tertiary/aromatic N) is 2. The highest BCUT2D eigenvalue weighted by atomic mass is 32.2. The first kappa shape index (κ1) is 18.3. The van der Waals surface area contributed by atoms with E-state index in [4.69, 9.17) is 12.2 Å². The molecular weight excluding hydrogens is 418 g/mol. The van der Waals surface area contributed by atoms with Crippen LogP contribution < -0.4 is 5.32 Å². The normalized spacial score (nSPS) is 15.9. The molecule has 1 fully saturated rings. The van der Waals surface area contributed by atoms with Crippen LogP contribution in [-0.2, 0) is 9.59 Å². The fourth-order valence-electron chi connectivity index (χ4n) is 2.52. The van der Waals surface area contributed by atoms with Gasteiger partial charge in [0.15, 0.2) is 5.13 Å². The number of para-hydroxylation sites is 1. The highest BCUT2D eigenvalue weighted by Gasteiger charge is 2.32. The Balaban J connectivity index is 1.37. The highest BCUT2D eigenvalue weighted by Crippen LogP contribution is 2.33. The molecule has 1 aliphatic rings. The van der Waals surface area contributed by atoms with E-state index in [-0.39, 0.29) is 24.8 Å². The van der Waals surface area contributed by atoms with E-state index in [1.165, 1.54) is 28.0 Å². The predicted molar refractivity (Wildman–Crippen MR) is 117 cm³/mol. The van der Waals surface area contributed by atoms with Gasteiger partial charge in [-0.15, -0.1) is 11.3 Å². The van der Waals surface area contributed by atoms with Crippen LogP contribution in [0.25, 0.3) is 16.3 Å². The van der Waals surface area contributed by atoms with Gasteiger partial charge in [-0.2, -0.15) is 0 Å². The number of hydrogen-bond acceptors (Lipinski definition) is 7. The topological polar surface area (TPSA) is 62.3 Å². The SMILES string of the molecule is O=C(CCN1C(=O)C(=Cc2cccs2)SC1=S)Nc1nc2ccccc2s1. The Morgan fingerprint density at radius 2 is 2.11 bits per heavy atom. The molecule has 3 heterocycles. The number of nitrogens with one attached hydrogen (secondary N) is 1. The number of anilines is 1. The van der Waals surface area contributed by atoms with E-state index in [0.717, 1.165) is 15.1 Å². The van der Waals surface area contributed by atoms with Crippen LogP contribution in [0.5, 0.6) is 0 Å². The van der Waals surface area contributed by atoms with Gasteiger partial charge in [-0.25, -0.2) is 4.98 Å². The van der Waals surface area contributed by atoms with Crippen molar-refractivity contribution in [2.24, 2.45) is 0 Å². The van der Waals surface area contributed by atoms with Crippen molar-refractivity contribution < 1.29 is 9.59 Å². The van der Waals surface area contributed by atoms with E-state index in [0.29, 0.717) is 14.4 Å². The number of amides is 2. The molecule has 2 aromatic heterocycles. The molecule has 9 heteroatoms. The largest absolute Gasteiger partial charge is 0.302 e. The number of benzene rings is 1. The van der Waals surface area contributed by atoms with Crippen LogP contribution in [0.4, 0.5) is 5.13 Å². The summed E-state index contributed by atoms with van der Waals surface area (Å²) in [6.07, 6.45) is 2.00. The molecule has 0 radical (unpaired) electrons. The summed E-state index contributed by atoms with van der Waals surface area (Å²) in [7, 11) is 0. The molecule has 0 unspecified atom stereocenters. The van der Waals surface area contributed by atoms with Crippen LogP contribution in [0.1, 0.15) is 11.3 Å². The van der Waals surface area contributed by atoms with Crippen LogP contribution in [-0.4, -0.2) is 32.6 Å². The lowest BCUT2D eigenvalue weighted by Crippen LogP contribution is -2.31. The second kappa shape index (κ2) is 7.89. The number of thiophene rings is 1. The Morgan fingerprint density at radius 3 is 2.89 bits per heavy atom. The molecule has 3 aromatic rings. The van der Waals surface area contributed by atoms with Gasteiger partial charge in [0.05, 0.1) is 15.1 Å². The predicted octanol–water partition coefficient (Wildman–Crippen LogP) is 4.59. The molecule has 1 N–H and O–H groups in total. The van der Waals surface area contributed by atoms with Gasteiger partial charge in [-0.3, -0.25) is 14.5 Å². The molecule has 1 aromatic carbocycles. The minimum absolute atomic E-state index is 0.147. The molecule has 2 amide bonds. The molecular formula is C18H13N3O2S4. The summed E-state index contributed by atoms with van der Waals surface area (Å²) in [4.78, 5) is 32.3. The Bertz CT molecular complexity index is 1020. The zero-order valence-electron chi connectivity index (χ0n) is 13.9. The van der Waals surface area contributed by atoms with Crippen molar-refractivity contribution in [1.29, 1.82) is 0 Å². The van der Waals surface area contributed by atoms with Crippen molar-refractivity contribution in [1.82, 2.24) is 9.88 Å². The van der Waals surface area contributed by atoms with Crippen molar-refractivity contribution in [3.63, 3.8) is 0 Å². The van der Waals surface area contributed by atoms with Crippen LogP contribution >= 0.6 is 46.7 Å². The van der Waals surface area contributed by atoms with E-state index in [1.807, 2.05) is 47.9 Å². The Labute approximate surface area is 173 Å². The van der Waals surface area contributed by atoms with E-state index in [9.17, 15) is 9.59 Å². The smallest absolute Gasteiger partial charge is 0.266 e. The third kappa shape index (κ3) is 4.11. The standard InChI is InChI=1S/C18H13N3O2S4/c22-15(20-17-19-12-5-1-2-6-13(12)26-17)7-8-21-16(23)14(27-18(21)24)10-11-4-3-9-25-11/h1-6,9-10H,7-8H2,(H,19,20,22). The van der Waals surface area contributed by atoms with Gasteiger partial charge in [0, 0.05) is 17.8 Å². The number of fused-ring (bicyclic) bond motifs is 1. The lowest BCUT2D eigenvalue weighted by atomic mass is 10.3. The van der Waals surface area contributed by atoms with Crippen LogP contribution in [0.2, 0.25) is 0 Å². The summed E-state index contributed by atoms with van der Waals surface area (Å²) in [5, 5.41) is 5.32. The lowest BCUT2D eigenvalue weighted by Gasteiger charge is -2.13. The van der Waals surface area contributed by atoms with E-state index < -0.39 is 0 Å². The van der Waals surface area contributed by atoms with Gasteiger partial charge >= 0.3 is 0 Å². The van der Waals surface area contributed by atoms with Crippen molar-refractivity contribution in [3.8, 4) is 0 Å². The monoisotopic (exact) mass is 431 g/mol. The summed E-state index contributed by atoms with van der Waals surface area (Å²) in [5.74, 6) is -0.337. The summed E-state index contributed by atoms with van der Waals surface area (Å²) < 4.78 is 1.50. The third-order valence-corrected chi connectivity index (χ3v) is 6.94. The lowest BCUT2D eigenvalue weighted by molar-refractivity contribution is -0.122. The van der Waals surface area contributed by atoms with Gasteiger partial charge < -0.3 is 5.32 Å². The van der Waals surface area contributed by atoms with Gasteiger partial charge in [-0.1, -0.05) is 53.5 Å². The number of carbonyl (C=O) groups excluding carboxylic acids is 2. The van der Waals surface area contributed by atoms with Crippen LogP contribution in [0.3, 0.4) is 0 Å². The zero-order valence-corrected chi connectivity index (χ0v) is 17.1. The molecule has 27 heavy (non-hydrogen) atoms. The van der Waals surface area contributed by atoms with Crippen molar-refractivity contribution in [3.05, 3.63) is 51.6 Å². The first-order valence-corrected chi connectivity index (χ1v) is 11.0. The van der Waals surface area contributed by atoms with Gasteiger partial charge in [0.2, 0.25) is 5.91 Å². The molecule has 0 saturated carbocycles. The number of aromatic nitrogens is 1. The summed E-state index contributed by atoms with van der Waals surface area (Å²) in [6.45, 7) is 0.253. The molecule has 0 spiro atoms. The summed E-state index contributed by atoms with van der Waals surface area (Å²) in [5.41, 5.74) is 0.855. The average molecular weight is 432 g/mol. The Morgan fingerprint density at radius 1 is 1.26 bits per heavy atom. The maximum atomic E-state index is 12.5. The first-order valence-electron chi connectivity index (χ1n) is 8.04. The minimum Gasteiger partial charge on any atom is -0.302 e. The fourth-order valence-corrected chi connectivity index (χ4v) is 5.43. The molecule has 5 nitrogen and oxygen atoms in total. The number of thiocarbonyl (C=S) groups is 1. The second-order valence-corrected chi connectivity index (χ2v) is 9.32. The third-order valence-electron chi connectivity index (χ3n) is 3.79. The van der Waals surface area contributed by atoms with Crippen LogP contribution in [0.15, 0.2) is 46.7 Å². The van der Waals surface area contributed by atoms with E-state index in [1.54, 1.807) is 11.3 Å². The van der Waals surface area contributed by atoms with E-state index >= 15 is 0 Å². The molecule has 0 aliphatic carbocycles. The molecule has 0 bridgehead atoms. The van der Waals surface area contributed by atoms with Crippen molar-refractivity contribution >= 4 is 84.2 Å². The first-order chi connectivity index (χ1) is 13.1. The van der Waals surface area contributed by atoms with Gasteiger partial charge in [0.25, 0.3) is 5.91 Å². The maximum absolute atomic E-state index is 12.5. The average Bonchev–Trinajstić information content (AvgIpc) is 3.34. The Hall–Kier alpha value is -2.07. The highest BCUT2D eigenvalue weighted by molar-refractivity contribution is 8.26. The second-order valence-electron chi connectivity index (χ2n) is 5.63. The van der Waals surface area contributed by atoms with Crippen LogP contribution in [0, 0.1) is 0 Å². The van der Waals surface area contributed by atoms with Crippen molar-refractivity contribution in [2.45, 2.75) is 6.42 Å². The molecule has 1 aliphatic heterocycles. The minimum atomic E-state index is -0.189. The number of thioether (sulfide) groups is 1. The quantitative estimate of drug-likeness (QED) is 0.473. The Kier molecular flexibility index (Phi) is 5.35. The molecule has 4 rings (SSSR count). The van der Waals surface area contributed by atoms with Crippen molar-refractivity contribution in [2.75, 3.05) is 11.9 Å². The number of carbonyl (C=O) groups is 2. The molecule has 136 valence electrons. The molecule has 0 atom stereocenters. The zero-order chi connectivity index (χ0) is 18.8. The number of thiazole rings is 1. The summed E-state index contributed by atoms with van der Waals surface area (Å²) >= 11 is 9.56. The number of rotatable bonds is 5. The molecule has 1 saturated heterocycles. The van der Waals surface area contributed by atoms with Gasteiger partial charge in [0.1, 0.15) is 4.32 Å².